The molecule has 5 heteroatoms. The number of rotatable bonds is 6. The molecule has 0 radical (unpaired) electrons. The van der Waals surface area contributed by atoms with Gasteiger partial charge in [-0.1, -0.05) is 6.92 Å². The molecule has 0 aliphatic carbocycles. The molecule has 0 aromatic carbocycles. The lowest BCUT2D eigenvalue weighted by Crippen LogP contribution is -2.19. The molecule has 14 heavy (non-hydrogen) atoms. The molecular weight excluding hydrogens is 204 g/mol. The number of carboxylic acid groups (broad SMARTS) is 1. The minimum absolute atomic E-state index is 0.0353. The highest BCUT2D eigenvalue weighted by atomic mass is 32.2. The zero-order chi connectivity index (χ0) is 11.4. The molecular formula is C9H18O4S. The normalized spacial score (nSPS) is 14.3. The van der Waals surface area contributed by atoms with Crippen molar-refractivity contribution in [2.45, 2.75) is 38.9 Å². The van der Waals surface area contributed by atoms with Crippen LogP contribution in [0.5, 0.6) is 0 Å². The van der Waals surface area contributed by atoms with Crippen molar-refractivity contribution in [1.82, 2.24) is 0 Å². The Morgan fingerprint density at radius 2 is 1.79 bits per heavy atom. The standard InChI is InChI=1S/C9H18O4S/c1-7(2)14(12,13)5-4-8(3)6-9(10)11/h7-8H,4-6H2,1-3H3,(H,10,11). The zero-order valence-electron chi connectivity index (χ0n) is 8.86. The summed E-state index contributed by atoms with van der Waals surface area (Å²) in [5.41, 5.74) is 0. The number of carboxylic acids is 1. The zero-order valence-corrected chi connectivity index (χ0v) is 9.67. The van der Waals surface area contributed by atoms with E-state index >= 15 is 0 Å². The molecule has 0 aliphatic rings. The van der Waals surface area contributed by atoms with E-state index in [9.17, 15) is 13.2 Å². The Kier molecular flexibility index (Phi) is 5.12. The van der Waals surface area contributed by atoms with Crippen molar-refractivity contribution in [2.24, 2.45) is 5.92 Å². The van der Waals surface area contributed by atoms with Gasteiger partial charge < -0.3 is 5.11 Å². The smallest absolute Gasteiger partial charge is 0.303 e. The maximum absolute atomic E-state index is 11.4. The maximum atomic E-state index is 11.4. The van der Waals surface area contributed by atoms with E-state index in [2.05, 4.69) is 0 Å². The molecule has 0 bridgehead atoms. The van der Waals surface area contributed by atoms with Crippen LogP contribution in [0.4, 0.5) is 0 Å². The fourth-order valence-corrected chi connectivity index (χ4v) is 2.20. The minimum Gasteiger partial charge on any atom is -0.481 e. The van der Waals surface area contributed by atoms with Gasteiger partial charge in [0.05, 0.1) is 11.0 Å². The van der Waals surface area contributed by atoms with Gasteiger partial charge in [0.15, 0.2) is 9.84 Å². The summed E-state index contributed by atoms with van der Waals surface area (Å²) in [6, 6.07) is 0. The molecule has 1 N–H and O–H groups in total. The summed E-state index contributed by atoms with van der Waals surface area (Å²) >= 11 is 0. The molecule has 0 aliphatic heterocycles. The first-order valence-electron chi connectivity index (χ1n) is 4.69. The summed E-state index contributed by atoms with van der Waals surface area (Å²) in [4.78, 5) is 10.3. The molecule has 0 saturated heterocycles. The molecule has 4 nitrogen and oxygen atoms in total. The van der Waals surface area contributed by atoms with Crippen LogP contribution in [0, 0.1) is 5.92 Å². The second-order valence-corrected chi connectivity index (χ2v) is 6.58. The van der Waals surface area contributed by atoms with E-state index in [0.717, 1.165) is 0 Å². The van der Waals surface area contributed by atoms with E-state index in [4.69, 9.17) is 5.11 Å². The molecule has 0 saturated carbocycles. The van der Waals surface area contributed by atoms with E-state index < -0.39 is 15.8 Å². The molecule has 0 aromatic heterocycles. The number of hydrogen-bond donors (Lipinski definition) is 1. The van der Waals surface area contributed by atoms with Gasteiger partial charge in [-0.3, -0.25) is 4.79 Å². The Labute approximate surface area is 85.2 Å². The SMILES string of the molecule is CC(CCS(=O)(=O)C(C)C)CC(=O)O. The first kappa shape index (κ1) is 13.4. The molecule has 0 amide bonds. The van der Waals surface area contributed by atoms with Gasteiger partial charge >= 0.3 is 5.97 Å². The molecule has 0 rings (SSSR count). The average Bonchev–Trinajstić information content (AvgIpc) is 1.99. The fourth-order valence-electron chi connectivity index (χ4n) is 1.00. The highest BCUT2D eigenvalue weighted by molar-refractivity contribution is 7.91. The van der Waals surface area contributed by atoms with E-state index in [1.54, 1.807) is 20.8 Å². The van der Waals surface area contributed by atoms with Crippen molar-refractivity contribution < 1.29 is 18.3 Å². The van der Waals surface area contributed by atoms with Crippen LogP contribution >= 0.6 is 0 Å². The molecule has 0 aromatic rings. The summed E-state index contributed by atoms with van der Waals surface area (Å²) in [5.74, 6) is -0.875. The third-order valence-corrected chi connectivity index (χ3v) is 4.38. The first-order valence-corrected chi connectivity index (χ1v) is 6.40. The third kappa shape index (κ3) is 5.21. The van der Waals surface area contributed by atoms with Crippen LogP contribution in [-0.2, 0) is 14.6 Å². The average molecular weight is 222 g/mol. The minimum atomic E-state index is -3.02. The lowest BCUT2D eigenvalue weighted by Gasteiger charge is -2.10. The lowest BCUT2D eigenvalue weighted by atomic mass is 10.1. The van der Waals surface area contributed by atoms with Crippen molar-refractivity contribution in [2.75, 3.05) is 5.75 Å². The largest absolute Gasteiger partial charge is 0.481 e. The molecule has 0 heterocycles. The molecule has 1 atom stereocenters. The van der Waals surface area contributed by atoms with Crippen LogP contribution in [-0.4, -0.2) is 30.5 Å². The predicted molar refractivity (Wildman–Crippen MR) is 55.0 cm³/mol. The van der Waals surface area contributed by atoms with Crippen molar-refractivity contribution in [3.63, 3.8) is 0 Å². The van der Waals surface area contributed by atoms with Crippen LogP contribution < -0.4 is 0 Å². The van der Waals surface area contributed by atoms with Crippen LogP contribution in [0.15, 0.2) is 0 Å². The van der Waals surface area contributed by atoms with E-state index in [-0.39, 0.29) is 23.3 Å². The Hall–Kier alpha value is -0.580. The van der Waals surface area contributed by atoms with Crippen LogP contribution in [0.25, 0.3) is 0 Å². The number of aliphatic carboxylic acids is 1. The Balaban J connectivity index is 4.01. The second-order valence-electron chi connectivity index (χ2n) is 3.91. The number of hydrogen-bond acceptors (Lipinski definition) is 3. The van der Waals surface area contributed by atoms with E-state index in [1.165, 1.54) is 0 Å². The molecule has 0 fully saturated rings. The van der Waals surface area contributed by atoms with Gasteiger partial charge in [-0.05, 0) is 26.2 Å². The van der Waals surface area contributed by atoms with Crippen LogP contribution in [0.1, 0.15) is 33.6 Å². The van der Waals surface area contributed by atoms with E-state index in [0.29, 0.717) is 6.42 Å². The topological polar surface area (TPSA) is 71.4 Å². The second kappa shape index (κ2) is 5.34. The Morgan fingerprint density at radius 1 is 1.29 bits per heavy atom. The highest BCUT2D eigenvalue weighted by Crippen LogP contribution is 2.11. The van der Waals surface area contributed by atoms with E-state index in [1.807, 2.05) is 0 Å². The third-order valence-electron chi connectivity index (χ3n) is 2.14. The van der Waals surface area contributed by atoms with Crippen molar-refractivity contribution in [3.05, 3.63) is 0 Å². The Morgan fingerprint density at radius 3 is 2.14 bits per heavy atom. The maximum Gasteiger partial charge on any atom is 0.303 e. The van der Waals surface area contributed by atoms with Gasteiger partial charge in [-0.25, -0.2) is 8.42 Å². The summed E-state index contributed by atoms with van der Waals surface area (Å²) in [7, 11) is -3.02. The van der Waals surface area contributed by atoms with Crippen LogP contribution in [0.3, 0.4) is 0 Å². The quantitative estimate of drug-likeness (QED) is 0.735. The van der Waals surface area contributed by atoms with Crippen molar-refractivity contribution in [1.29, 1.82) is 0 Å². The Bertz CT molecular complexity index is 279. The van der Waals surface area contributed by atoms with Gasteiger partial charge in [-0.2, -0.15) is 0 Å². The summed E-state index contributed by atoms with van der Waals surface area (Å²) < 4.78 is 22.7. The van der Waals surface area contributed by atoms with Gasteiger partial charge in [-0.15, -0.1) is 0 Å². The van der Waals surface area contributed by atoms with Gasteiger partial charge in [0, 0.05) is 6.42 Å². The number of carbonyl (C=O) groups is 1. The fraction of sp³-hybridized carbons (Fsp3) is 0.889. The van der Waals surface area contributed by atoms with Gasteiger partial charge in [0.2, 0.25) is 0 Å². The first-order chi connectivity index (χ1) is 6.25. The molecule has 1 unspecified atom stereocenters. The summed E-state index contributed by atoms with van der Waals surface area (Å²) in [6.07, 6.45) is 0.459. The molecule has 84 valence electrons. The predicted octanol–water partition coefficient (Wildman–Crippen LogP) is 1.31. The summed E-state index contributed by atoms with van der Waals surface area (Å²) in [6.45, 7) is 5.03. The monoisotopic (exact) mass is 222 g/mol. The number of sulfone groups is 1. The van der Waals surface area contributed by atoms with Gasteiger partial charge in [0.25, 0.3) is 0 Å². The van der Waals surface area contributed by atoms with Crippen molar-refractivity contribution in [3.8, 4) is 0 Å². The van der Waals surface area contributed by atoms with Crippen LogP contribution in [0.2, 0.25) is 0 Å². The van der Waals surface area contributed by atoms with Crippen molar-refractivity contribution >= 4 is 15.8 Å². The summed E-state index contributed by atoms with van der Waals surface area (Å²) in [5, 5.41) is 8.10. The van der Waals surface area contributed by atoms with Gasteiger partial charge in [0.1, 0.15) is 0 Å². The highest BCUT2D eigenvalue weighted by Gasteiger charge is 2.18. The lowest BCUT2D eigenvalue weighted by molar-refractivity contribution is -0.137. The molecule has 0 spiro atoms.